The van der Waals surface area contributed by atoms with Crippen molar-refractivity contribution in [3.05, 3.63) is 29.8 Å². The molecule has 0 bridgehead atoms. The lowest BCUT2D eigenvalue weighted by molar-refractivity contribution is -0.0953. The van der Waals surface area contributed by atoms with Crippen molar-refractivity contribution < 1.29 is 9.84 Å². The fraction of sp³-hybridized carbons (Fsp3) is 0.625. The summed E-state index contributed by atoms with van der Waals surface area (Å²) in [6, 6.07) is 8.84. The standard InChI is InChI=1S/C16H25NO2/c1-16(2,3)19-15-10-14(11-15)17-13-6-4-12(5-7-13)8-9-18/h4-7,14-15,17-18H,8-11H2,1-3H3. The summed E-state index contributed by atoms with van der Waals surface area (Å²) in [4.78, 5) is 0. The first kappa shape index (κ1) is 14.4. The zero-order valence-electron chi connectivity index (χ0n) is 12.1. The van der Waals surface area contributed by atoms with Gasteiger partial charge in [0.25, 0.3) is 0 Å². The maximum absolute atomic E-state index is 8.87. The zero-order valence-corrected chi connectivity index (χ0v) is 12.1. The van der Waals surface area contributed by atoms with E-state index in [1.807, 2.05) is 0 Å². The molecule has 0 aliphatic heterocycles. The number of nitrogens with one attached hydrogen (secondary N) is 1. The third-order valence-electron chi connectivity index (χ3n) is 3.34. The van der Waals surface area contributed by atoms with E-state index in [9.17, 15) is 0 Å². The number of ether oxygens (including phenoxy) is 1. The van der Waals surface area contributed by atoms with E-state index in [1.54, 1.807) is 0 Å². The van der Waals surface area contributed by atoms with Crippen LogP contribution in [0.1, 0.15) is 39.2 Å². The van der Waals surface area contributed by atoms with Crippen LogP contribution >= 0.6 is 0 Å². The first-order chi connectivity index (χ1) is 8.96. The average molecular weight is 263 g/mol. The van der Waals surface area contributed by atoms with Gasteiger partial charge in [-0.15, -0.1) is 0 Å². The van der Waals surface area contributed by atoms with Gasteiger partial charge in [-0.2, -0.15) is 0 Å². The molecular formula is C16H25NO2. The predicted molar refractivity (Wildman–Crippen MR) is 78.5 cm³/mol. The summed E-state index contributed by atoms with van der Waals surface area (Å²) in [5.41, 5.74) is 2.29. The molecule has 0 heterocycles. The summed E-state index contributed by atoms with van der Waals surface area (Å²) >= 11 is 0. The number of anilines is 1. The van der Waals surface area contributed by atoms with E-state index in [1.165, 1.54) is 5.56 Å². The van der Waals surface area contributed by atoms with Crippen LogP contribution in [0.2, 0.25) is 0 Å². The van der Waals surface area contributed by atoms with Crippen LogP contribution < -0.4 is 5.32 Å². The molecule has 0 amide bonds. The highest BCUT2D eigenvalue weighted by atomic mass is 16.5. The van der Waals surface area contributed by atoms with Crippen LogP contribution in [0.15, 0.2) is 24.3 Å². The fourth-order valence-corrected chi connectivity index (χ4v) is 2.41. The van der Waals surface area contributed by atoms with E-state index in [0.717, 1.165) is 24.9 Å². The minimum absolute atomic E-state index is 0.0401. The van der Waals surface area contributed by atoms with Crippen molar-refractivity contribution in [1.82, 2.24) is 0 Å². The molecule has 0 radical (unpaired) electrons. The number of hydrogen-bond acceptors (Lipinski definition) is 3. The molecule has 1 aromatic carbocycles. The minimum Gasteiger partial charge on any atom is -0.396 e. The average Bonchev–Trinajstić information content (AvgIpc) is 2.27. The Bertz CT molecular complexity index is 388. The quantitative estimate of drug-likeness (QED) is 0.858. The maximum Gasteiger partial charge on any atom is 0.0621 e. The first-order valence-corrected chi connectivity index (χ1v) is 7.10. The van der Waals surface area contributed by atoms with Crippen molar-refractivity contribution in [3.63, 3.8) is 0 Å². The lowest BCUT2D eigenvalue weighted by Crippen LogP contribution is -2.44. The molecule has 0 saturated heterocycles. The summed E-state index contributed by atoms with van der Waals surface area (Å²) in [7, 11) is 0. The van der Waals surface area contributed by atoms with Crippen LogP contribution in [0.3, 0.4) is 0 Å². The summed E-state index contributed by atoms with van der Waals surface area (Å²) in [5.74, 6) is 0. The fourth-order valence-electron chi connectivity index (χ4n) is 2.41. The van der Waals surface area contributed by atoms with E-state index in [4.69, 9.17) is 9.84 Å². The summed E-state index contributed by atoms with van der Waals surface area (Å²) in [5, 5.41) is 12.4. The molecule has 106 valence electrons. The van der Waals surface area contributed by atoms with Gasteiger partial charge in [0.05, 0.1) is 11.7 Å². The predicted octanol–water partition coefficient (Wildman–Crippen LogP) is 2.98. The molecule has 1 aliphatic carbocycles. The van der Waals surface area contributed by atoms with Crippen LogP contribution in [-0.4, -0.2) is 29.5 Å². The van der Waals surface area contributed by atoms with Gasteiger partial charge < -0.3 is 15.2 Å². The Hall–Kier alpha value is -1.06. The van der Waals surface area contributed by atoms with Gasteiger partial charge in [0.1, 0.15) is 0 Å². The van der Waals surface area contributed by atoms with E-state index in [-0.39, 0.29) is 12.2 Å². The Morgan fingerprint density at radius 2 is 1.84 bits per heavy atom. The van der Waals surface area contributed by atoms with Crippen LogP contribution in [0, 0.1) is 0 Å². The monoisotopic (exact) mass is 263 g/mol. The molecule has 19 heavy (non-hydrogen) atoms. The second-order valence-corrected chi connectivity index (χ2v) is 6.34. The number of aliphatic hydroxyl groups excluding tert-OH is 1. The second-order valence-electron chi connectivity index (χ2n) is 6.34. The van der Waals surface area contributed by atoms with Gasteiger partial charge in [-0.1, -0.05) is 12.1 Å². The van der Waals surface area contributed by atoms with Gasteiger partial charge in [0.15, 0.2) is 0 Å². The van der Waals surface area contributed by atoms with Crippen LogP contribution in [-0.2, 0) is 11.2 Å². The Labute approximate surface area is 116 Å². The van der Waals surface area contributed by atoms with E-state index in [0.29, 0.717) is 12.1 Å². The molecular weight excluding hydrogens is 238 g/mol. The topological polar surface area (TPSA) is 41.5 Å². The smallest absolute Gasteiger partial charge is 0.0621 e. The van der Waals surface area contributed by atoms with Gasteiger partial charge in [0.2, 0.25) is 0 Å². The third-order valence-corrected chi connectivity index (χ3v) is 3.34. The van der Waals surface area contributed by atoms with Crippen molar-refractivity contribution in [2.75, 3.05) is 11.9 Å². The van der Waals surface area contributed by atoms with Crippen molar-refractivity contribution in [3.8, 4) is 0 Å². The van der Waals surface area contributed by atoms with Crippen molar-refractivity contribution in [1.29, 1.82) is 0 Å². The van der Waals surface area contributed by atoms with Crippen LogP contribution in [0.25, 0.3) is 0 Å². The molecule has 0 unspecified atom stereocenters. The second kappa shape index (κ2) is 5.93. The highest BCUT2D eigenvalue weighted by Gasteiger charge is 2.32. The molecule has 2 N–H and O–H groups in total. The van der Waals surface area contributed by atoms with E-state index < -0.39 is 0 Å². The van der Waals surface area contributed by atoms with E-state index >= 15 is 0 Å². The molecule has 1 fully saturated rings. The molecule has 0 atom stereocenters. The van der Waals surface area contributed by atoms with Gasteiger partial charge >= 0.3 is 0 Å². The molecule has 0 spiro atoms. The molecule has 2 rings (SSSR count). The molecule has 3 nitrogen and oxygen atoms in total. The Morgan fingerprint density at radius 3 is 2.37 bits per heavy atom. The van der Waals surface area contributed by atoms with Crippen molar-refractivity contribution in [2.24, 2.45) is 0 Å². The summed E-state index contributed by atoms with van der Waals surface area (Å²) in [6.07, 6.45) is 3.28. The minimum atomic E-state index is -0.0401. The largest absolute Gasteiger partial charge is 0.396 e. The molecule has 1 saturated carbocycles. The normalized spacial score (nSPS) is 22.9. The first-order valence-electron chi connectivity index (χ1n) is 7.10. The maximum atomic E-state index is 8.87. The Morgan fingerprint density at radius 1 is 1.21 bits per heavy atom. The highest BCUT2D eigenvalue weighted by Crippen LogP contribution is 2.30. The van der Waals surface area contributed by atoms with Crippen molar-refractivity contribution >= 4 is 5.69 Å². The lowest BCUT2D eigenvalue weighted by Gasteiger charge is -2.40. The van der Waals surface area contributed by atoms with Gasteiger partial charge in [-0.05, 0) is 57.7 Å². The highest BCUT2D eigenvalue weighted by molar-refractivity contribution is 5.46. The lowest BCUT2D eigenvalue weighted by atomic mass is 9.88. The molecule has 3 heteroatoms. The zero-order chi connectivity index (χ0) is 13.9. The SMILES string of the molecule is CC(C)(C)OC1CC(Nc2ccc(CCO)cc2)C1. The number of rotatable bonds is 5. The molecule has 1 aromatic rings. The third kappa shape index (κ3) is 4.51. The van der Waals surface area contributed by atoms with Crippen LogP contribution in [0.4, 0.5) is 5.69 Å². The summed E-state index contributed by atoms with van der Waals surface area (Å²) in [6.45, 7) is 6.52. The van der Waals surface area contributed by atoms with Gasteiger partial charge in [0, 0.05) is 18.3 Å². The van der Waals surface area contributed by atoms with Crippen LogP contribution in [0.5, 0.6) is 0 Å². The van der Waals surface area contributed by atoms with Gasteiger partial charge in [-0.3, -0.25) is 0 Å². The number of hydrogen-bond donors (Lipinski definition) is 2. The molecule has 0 aromatic heterocycles. The summed E-state index contributed by atoms with van der Waals surface area (Å²) < 4.78 is 5.92. The number of benzene rings is 1. The van der Waals surface area contributed by atoms with Crippen molar-refractivity contribution in [2.45, 2.75) is 57.8 Å². The Balaban J connectivity index is 1.75. The van der Waals surface area contributed by atoms with E-state index in [2.05, 4.69) is 50.4 Å². The van der Waals surface area contributed by atoms with Gasteiger partial charge in [-0.25, -0.2) is 0 Å². The Kier molecular flexibility index (Phi) is 4.48. The molecule has 1 aliphatic rings. The number of aliphatic hydroxyl groups is 1.